The first kappa shape index (κ1) is 15.9. The van der Waals surface area contributed by atoms with Crippen molar-refractivity contribution in [3.05, 3.63) is 15.8 Å². The molecule has 1 aliphatic rings. The van der Waals surface area contributed by atoms with Gasteiger partial charge in [-0.1, -0.05) is 0 Å². The second-order valence-electron chi connectivity index (χ2n) is 5.10. The van der Waals surface area contributed by atoms with Gasteiger partial charge in [-0.25, -0.2) is 8.42 Å². The van der Waals surface area contributed by atoms with E-state index in [1.807, 2.05) is 26.3 Å². The highest BCUT2D eigenvalue weighted by Crippen LogP contribution is 2.30. The molecular formula is C13H22N2O3S2. The molecule has 5 nitrogen and oxygen atoms in total. The van der Waals surface area contributed by atoms with Gasteiger partial charge in [0.2, 0.25) is 10.0 Å². The van der Waals surface area contributed by atoms with E-state index in [0.29, 0.717) is 31.1 Å². The predicted molar refractivity (Wildman–Crippen MR) is 80.6 cm³/mol. The summed E-state index contributed by atoms with van der Waals surface area (Å²) in [5, 5.41) is 4.95. The van der Waals surface area contributed by atoms with Crippen molar-refractivity contribution >= 4 is 21.4 Å². The molecule has 2 heterocycles. The fourth-order valence-corrected chi connectivity index (χ4v) is 5.75. The van der Waals surface area contributed by atoms with Crippen LogP contribution in [0.3, 0.4) is 0 Å². The van der Waals surface area contributed by atoms with Crippen LogP contribution in [0.2, 0.25) is 0 Å². The van der Waals surface area contributed by atoms with Gasteiger partial charge in [-0.3, -0.25) is 0 Å². The number of sulfonamides is 1. The van der Waals surface area contributed by atoms with Crippen LogP contribution in [0.15, 0.2) is 10.3 Å². The number of nitrogens with one attached hydrogen (secondary N) is 1. The highest BCUT2D eigenvalue weighted by Gasteiger charge is 2.31. The molecule has 0 spiro atoms. The smallest absolute Gasteiger partial charge is 0.244 e. The van der Waals surface area contributed by atoms with Crippen LogP contribution in [-0.2, 0) is 21.3 Å². The van der Waals surface area contributed by atoms with E-state index in [-0.39, 0.29) is 6.10 Å². The topological polar surface area (TPSA) is 58.6 Å². The summed E-state index contributed by atoms with van der Waals surface area (Å²) in [6, 6.07) is 0. The van der Waals surface area contributed by atoms with Crippen LogP contribution in [-0.4, -0.2) is 45.6 Å². The van der Waals surface area contributed by atoms with Gasteiger partial charge in [0.15, 0.2) is 0 Å². The predicted octanol–water partition coefficient (Wildman–Crippen LogP) is 1.58. The largest absolute Gasteiger partial charge is 0.377 e. The zero-order valence-electron chi connectivity index (χ0n) is 12.2. The standard InChI is InChI=1S/C13H22N2O3S2/c1-10-9-19-12(7-14-3)13(10)20(16,17)15-5-4-6-18-11(2)8-15/h9,11,14H,4-8H2,1-3H3. The number of hydrogen-bond donors (Lipinski definition) is 1. The lowest BCUT2D eigenvalue weighted by Crippen LogP contribution is -2.36. The lowest BCUT2D eigenvalue weighted by Gasteiger charge is -2.22. The lowest BCUT2D eigenvalue weighted by molar-refractivity contribution is 0.0752. The first-order valence-corrected chi connectivity index (χ1v) is 9.12. The van der Waals surface area contributed by atoms with E-state index in [1.165, 1.54) is 11.3 Å². The molecule has 1 aromatic heterocycles. The van der Waals surface area contributed by atoms with E-state index in [9.17, 15) is 8.42 Å². The second-order valence-corrected chi connectivity index (χ2v) is 7.94. The van der Waals surface area contributed by atoms with Crippen LogP contribution >= 0.6 is 11.3 Å². The van der Waals surface area contributed by atoms with Crippen molar-refractivity contribution in [3.63, 3.8) is 0 Å². The fraction of sp³-hybridized carbons (Fsp3) is 0.692. The van der Waals surface area contributed by atoms with Crippen molar-refractivity contribution in [1.29, 1.82) is 0 Å². The Morgan fingerprint density at radius 2 is 2.30 bits per heavy atom. The molecule has 0 saturated carbocycles. The second kappa shape index (κ2) is 6.53. The van der Waals surface area contributed by atoms with E-state index in [0.717, 1.165) is 16.9 Å². The normalized spacial score (nSPS) is 21.9. The highest BCUT2D eigenvalue weighted by atomic mass is 32.2. The SMILES string of the molecule is CNCc1scc(C)c1S(=O)(=O)N1CCCOC(C)C1. The molecule has 7 heteroatoms. The molecule has 1 aromatic rings. The molecule has 2 rings (SSSR count). The van der Waals surface area contributed by atoms with Gasteiger partial charge < -0.3 is 10.1 Å². The molecule has 0 bridgehead atoms. The van der Waals surface area contributed by atoms with E-state index < -0.39 is 10.0 Å². The molecule has 114 valence electrons. The van der Waals surface area contributed by atoms with Gasteiger partial charge in [0, 0.05) is 31.1 Å². The summed E-state index contributed by atoms with van der Waals surface area (Å²) < 4.78 is 32.9. The molecule has 1 aliphatic heterocycles. The minimum atomic E-state index is -3.43. The van der Waals surface area contributed by atoms with E-state index in [2.05, 4.69) is 5.32 Å². The van der Waals surface area contributed by atoms with E-state index in [4.69, 9.17) is 4.74 Å². The van der Waals surface area contributed by atoms with Crippen LogP contribution in [0.5, 0.6) is 0 Å². The summed E-state index contributed by atoms with van der Waals surface area (Å²) >= 11 is 1.50. The van der Waals surface area contributed by atoms with Crippen molar-refractivity contribution in [2.75, 3.05) is 26.7 Å². The summed E-state index contributed by atoms with van der Waals surface area (Å²) in [6.07, 6.45) is 0.688. The Balaban J connectivity index is 2.36. The monoisotopic (exact) mass is 318 g/mol. The Kier molecular flexibility index (Phi) is 5.19. The van der Waals surface area contributed by atoms with Gasteiger partial charge in [-0.2, -0.15) is 4.31 Å². The summed E-state index contributed by atoms with van der Waals surface area (Å²) in [6.45, 7) is 5.94. The first-order valence-electron chi connectivity index (χ1n) is 6.80. The highest BCUT2D eigenvalue weighted by molar-refractivity contribution is 7.89. The first-order chi connectivity index (χ1) is 9.46. The van der Waals surface area contributed by atoms with Gasteiger partial charge in [0.25, 0.3) is 0 Å². The van der Waals surface area contributed by atoms with Crippen LogP contribution in [0, 0.1) is 6.92 Å². The van der Waals surface area contributed by atoms with Gasteiger partial charge >= 0.3 is 0 Å². The zero-order chi connectivity index (χ0) is 14.8. The minimum absolute atomic E-state index is 0.0565. The maximum Gasteiger partial charge on any atom is 0.244 e. The molecule has 0 radical (unpaired) electrons. The van der Waals surface area contributed by atoms with Crippen molar-refractivity contribution < 1.29 is 13.2 Å². The number of thiophene rings is 1. The molecule has 1 atom stereocenters. The minimum Gasteiger partial charge on any atom is -0.377 e. The third-order valence-electron chi connectivity index (χ3n) is 3.34. The number of rotatable bonds is 4. The third kappa shape index (κ3) is 3.23. The van der Waals surface area contributed by atoms with E-state index >= 15 is 0 Å². The molecule has 0 aliphatic carbocycles. The Hall–Kier alpha value is -0.470. The Morgan fingerprint density at radius 3 is 3.00 bits per heavy atom. The van der Waals surface area contributed by atoms with Crippen molar-refractivity contribution in [2.45, 2.75) is 37.8 Å². The van der Waals surface area contributed by atoms with Crippen LogP contribution in [0.4, 0.5) is 0 Å². The van der Waals surface area contributed by atoms with Crippen LogP contribution < -0.4 is 5.32 Å². The van der Waals surface area contributed by atoms with Crippen molar-refractivity contribution in [2.24, 2.45) is 0 Å². The van der Waals surface area contributed by atoms with Gasteiger partial charge in [0.1, 0.15) is 4.90 Å². The zero-order valence-corrected chi connectivity index (χ0v) is 13.8. The number of ether oxygens (including phenoxy) is 1. The molecule has 1 unspecified atom stereocenters. The maximum absolute atomic E-state index is 12.9. The quantitative estimate of drug-likeness (QED) is 0.915. The maximum atomic E-state index is 12.9. The van der Waals surface area contributed by atoms with Gasteiger partial charge in [0.05, 0.1) is 6.10 Å². The molecule has 1 N–H and O–H groups in total. The fourth-order valence-electron chi connectivity index (χ4n) is 2.42. The Labute approximate surface area is 125 Å². The van der Waals surface area contributed by atoms with Gasteiger partial charge in [-0.05, 0) is 38.3 Å². The molecule has 20 heavy (non-hydrogen) atoms. The Bertz CT molecular complexity index is 554. The summed E-state index contributed by atoms with van der Waals surface area (Å²) in [7, 11) is -1.61. The average Bonchev–Trinajstić information content (AvgIpc) is 2.60. The molecular weight excluding hydrogens is 296 g/mol. The average molecular weight is 318 g/mol. The Morgan fingerprint density at radius 1 is 1.55 bits per heavy atom. The number of aryl methyl sites for hydroxylation is 1. The molecule has 1 fully saturated rings. The molecule has 0 aromatic carbocycles. The van der Waals surface area contributed by atoms with Crippen LogP contribution in [0.1, 0.15) is 23.8 Å². The summed E-state index contributed by atoms with van der Waals surface area (Å²) in [4.78, 5) is 1.36. The van der Waals surface area contributed by atoms with Crippen LogP contribution in [0.25, 0.3) is 0 Å². The number of hydrogen-bond acceptors (Lipinski definition) is 5. The summed E-state index contributed by atoms with van der Waals surface area (Å²) in [5.41, 5.74) is 0.832. The summed E-state index contributed by atoms with van der Waals surface area (Å²) in [5.74, 6) is 0. The number of nitrogens with zero attached hydrogens (tertiary/aromatic N) is 1. The van der Waals surface area contributed by atoms with Crippen molar-refractivity contribution in [1.82, 2.24) is 9.62 Å². The molecule has 1 saturated heterocycles. The van der Waals surface area contributed by atoms with E-state index in [1.54, 1.807) is 4.31 Å². The van der Waals surface area contributed by atoms with Crippen molar-refractivity contribution in [3.8, 4) is 0 Å². The third-order valence-corrected chi connectivity index (χ3v) is 6.67. The molecule has 0 amide bonds. The lowest BCUT2D eigenvalue weighted by atomic mass is 10.3. The van der Waals surface area contributed by atoms with Gasteiger partial charge in [-0.15, -0.1) is 11.3 Å².